The molecule has 1 saturated heterocycles. The molecule has 1 aliphatic rings. The lowest BCUT2D eigenvalue weighted by molar-refractivity contribution is 0.0971. The molecule has 2 N–H and O–H groups in total. The van der Waals surface area contributed by atoms with Crippen molar-refractivity contribution in [3.8, 4) is 22.5 Å². The number of piperidine rings is 1. The lowest BCUT2D eigenvalue weighted by Gasteiger charge is -2.34. The van der Waals surface area contributed by atoms with Crippen LogP contribution in [0.3, 0.4) is 0 Å². The summed E-state index contributed by atoms with van der Waals surface area (Å²) in [7, 11) is 1.83. The molecule has 0 spiro atoms. The highest BCUT2D eigenvalue weighted by Crippen LogP contribution is 2.26. The van der Waals surface area contributed by atoms with Crippen molar-refractivity contribution in [3.05, 3.63) is 66.6 Å². The molecule has 0 bridgehead atoms. The average Bonchev–Trinajstić information content (AvgIpc) is 3.53. The lowest BCUT2D eigenvalue weighted by atomic mass is 10.0. The molecule has 1 fully saturated rings. The Morgan fingerprint density at radius 1 is 1.12 bits per heavy atom. The Kier molecular flexibility index (Phi) is 5.47. The molecule has 9 nitrogen and oxygen atoms in total. The van der Waals surface area contributed by atoms with Crippen LogP contribution in [0.25, 0.3) is 22.5 Å². The number of amides is 1. The summed E-state index contributed by atoms with van der Waals surface area (Å²) >= 11 is 0. The molecule has 1 atom stereocenters. The van der Waals surface area contributed by atoms with Gasteiger partial charge in [-0.3, -0.25) is 19.5 Å². The summed E-state index contributed by atoms with van der Waals surface area (Å²) in [6.45, 7) is 1.70. The fourth-order valence-electron chi connectivity index (χ4n) is 4.05. The molecule has 162 valence electrons. The van der Waals surface area contributed by atoms with Gasteiger partial charge in [0.1, 0.15) is 11.5 Å². The van der Waals surface area contributed by atoms with Crippen molar-refractivity contribution < 1.29 is 4.79 Å². The van der Waals surface area contributed by atoms with E-state index in [4.69, 9.17) is 0 Å². The number of carbonyl (C=O) groups is 1. The van der Waals surface area contributed by atoms with E-state index in [0.29, 0.717) is 11.4 Å². The van der Waals surface area contributed by atoms with E-state index in [1.807, 2.05) is 60.6 Å². The highest BCUT2D eigenvalue weighted by atomic mass is 16.2. The van der Waals surface area contributed by atoms with Crippen molar-refractivity contribution in [1.29, 1.82) is 0 Å². The van der Waals surface area contributed by atoms with E-state index in [0.717, 1.165) is 48.4 Å². The first-order valence-electron chi connectivity index (χ1n) is 10.7. The molecular formula is C23H24N8O. The predicted molar refractivity (Wildman–Crippen MR) is 121 cm³/mol. The summed E-state index contributed by atoms with van der Waals surface area (Å²) < 4.78 is 1.66. The van der Waals surface area contributed by atoms with E-state index in [9.17, 15) is 4.79 Å². The van der Waals surface area contributed by atoms with Gasteiger partial charge in [-0.2, -0.15) is 5.10 Å². The van der Waals surface area contributed by atoms with Gasteiger partial charge < -0.3 is 5.32 Å². The number of hydrogen-bond acceptors (Lipinski definition) is 6. The predicted octanol–water partition coefficient (Wildman–Crippen LogP) is 2.67. The maximum absolute atomic E-state index is 13.7. The van der Waals surface area contributed by atoms with Gasteiger partial charge in [-0.1, -0.05) is 17.3 Å². The van der Waals surface area contributed by atoms with Crippen molar-refractivity contribution >= 4 is 11.7 Å². The number of carbonyl (C=O) groups excluding carboxylic acids is 1. The van der Waals surface area contributed by atoms with Crippen molar-refractivity contribution in [2.75, 3.05) is 18.0 Å². The smallest absolute Gasteiger partial charge is 0.259 e. The number of benzene rings is 1. The van der Waals surface area contributed by atoms with E-state index < -0.39 is 0 Å². The van der Waals surface area contributed by atoms with Crippen molar-refractivity contribution in [1.82, 2.24) is 35.5 Å². The van der Waals surface area contributed by atoms with E-state index in [-0.39, 0.29) is 11.9 Å². The zero-order valence-electron chi connectivity index (χ0n) is 17.8. The van der Waals surface area contributed by atoms with Crippen LogP contribution in [0, 0.1) is 0 Å². The lowest BCUT2D eigenvalue weighted by Crippen LogP contribution is -2.49. The second kappa shape index (κ2) is 8.72. The topological polar surface area (TPSA) is 105 Å². The van der Waals surface area contributed by atoms with Gasteiger partial charge in [-0.25, -0.2) is 4.98 Å². The molecule has 0 aliphatic carbocycles. The molecule has 0 radical (unpaired) electrons. The standard InChI is InChI=1S/C23H24N8O/c1-30-15-21(28-29-30)16-4-6-17(7-5-16)23(32)31(19-3-2-10-24-14-19)22-13-18(8-11-25-22)20-9-12-26-27-20/h4-9,11-13,15,19,24H,2-3,10,14H2,1H3,(H,26,27)/t19-/m1/s1. The zero-order chi connectivity index (χ0) is 21.9. The van der Waals surface area contributed by atoms with Gasteiger partial charge in [-0.15, -0.1) is 5.10 Å². The molecule has 1 aromatic carbocycles. The van der Waals surface area contributed by atoms with Crippen molar-refractivity contribution in [2.24, 2.45) is 7.05 Å². The Morgan fingerprint density at radius 2 is 2.00 bits per heavy atom. The van der Waals surface area contributed by atoms with Gasteiger partial charge in [0.05, 0.1) is 17.9 Å². The second-order valence-corrected chi connectivity index (χ2v) is 7.90. The molecule has 4 aromatic rings. The number of aromatic amines is 1. The molecular weight excluding hydrogens is 404 g/mol. The Balaban J connectivity index is 1.48. The molecule has 1 amide bonds. The molecule has 0 unspecified atom stereocenters. The first-order chi connectivity index (χ1) is 15.7. The zero-order valence-corrected chi connectivity index (χ0v) is 17.8. The number of nitrogens with zero attached hydrogens (tertiary/aromatic N) is 6. The second-order valence-electron chi connectivity index (χ2n) is 7.90. The summed E-state index contributed by atoms with van der Waals surface area (Å²) in [5.74, 6) is 0.562. The monoisotopic (exact) mass is 428 g/mol. The summed E-state index contributed by atoms with van der Waals surface area (Å²) in [5, 5.41) is 18.5. The highest BCUT2D eigenvalue weighted by molar-refractivity contribution is 6.06. The van der Waals surface area contributed by atoms with E-state index in [1.54, 1.807) is 17.1 Å². The Hall–Kier alpha value is -3.85. The number of rotatable bonds is 5. The van der Waals surface area contributed by atoms with Crippen LogP contribution >= 0.6 is 0 Å². The molecule has 5 rings (SSSR count). The Labute approximate surface area is 185 Å². The van der Waals surface area contributed by atoms with Crippen LogP contribution in [0.15, 0.2) is 61.1 Å². The van der Waals surface area contributed by atoms with Crippen LogP contribution < -0.4 is 10.2 Å². The minimum atomic E-state index is -0.0707. The molecule has 32 heavy (non-hydrogen) atoms. The first-order valence-corrected chi connectivity index (χ1v) is 10.7. The highest BCUT2D eigenvalue weighted by Gasteiger charge is 2.29. The van der Waals surface area contributed by atoms with E-state index >= 15 is 0 Å². The quantitative estimate of drug-likeness (QED) is 0.506. The maximum atomic E-state index is 13.7. The SMILES string of the molecule is Cn1cc(-c2ccc(C(=O)N(c3cc(-c4ccn[nH]4)ccn3)[C@@H]3CCCNC3)cc2)nn1. The number of H-pyrrole nitrogens is 1. The summed E-state index contributed by atoms with van der Waals surface area (Å²) in [5.41, 5.74) is 4.12. The molecule has 4 heterocycles. The largest absolute Gasteiger partial charge is 0.315 e. The van der Waals surface area contributed by atoms with Gasteiger partial charge in [-0.05, 0) is 49.7 Å². The Morgan fingerprint density at radius 3 is 2.69 bits per heavy atom. The van der Waals surface area contributed by atoms with Crippen LogP contribution in [0.2, 0.25) is 0 Å². The minimum absolute atomic E-state index is 0.0282. The fraction of sp³-hybridized carbons (Fsp3) is 0.261. The van der Waals surface area contributed by atoms with Gasteiger partial charge >= 0.3 is 0 Å². The average molecular weight is 429 g/mol. The van der Waals surface area contributed by atoms with Crippen molar-refractivity contribution in [2.45, 2.75) is 18.9 Å². The number of aromatic nitrogens is 6. The first kappa shape index (κ1) is 20.1. The number of anilines is 1. The summed E-state index contributed by atoms with van der Waals surface area (Å²) in [4.78, 5) is 20.1. The summed E-state index contributed by atoms with van der Waals surface area (Å²) in [6.07, 6.45) is 7.23. The third kappa shape index (κ3) is 4.02. The molecule has 9 heteroatoms. The number of aryl methyl sites for hydroxylation is 1. The Bertz CT molecular complexity index is 1190. The van der Waals surface area contributed by atoms with Gasteiger partial charge in [0.2, 0.25) is 0 Å². The van der Waals surface area contributed by atoms with Crippen LogP contribution in [-0.2, 0) is 7.05 Å². The van der Waals surface area contributed by atoms with Gasteiger partial charge in [0, 0.05) is 42.7 Å². The van der Waals surface area contributed by atoms with Crippen LogP contribution in [0.1, 0.15) is 23.2 Å². The number of nitrogens with one attached hydrogen (secondary N) is 2. The van der Waals surface area contributed by atoms with Gasteiger partial charge in [0.15, 0.2) is 0 Å². The fourth-order valence-corrected chi connectivity index (χ4v) is 4.05. The minimum Gasteiger partial charge on any atom is -0.315 e. The van der Waals surface area contributed by atoms with E-state index in [2.05, 4.69) is 30.8 Å². The number of hydrogen-bond donors (Lipinski definition) is 2. The van der Waals surface area contributed by atoms with E-state index in [1.165, 1.54) is 0 Å². The van der Waals surface area contributed by atoms with Gasteiger partial charge in [0.25, 0.3) is 5.91 Å². The van der Waals surface area contributed by atoms with Crippen LogP contribution in [-0.4, -0.2) is 55.2 Å². The summed E-state index contributed by atoms with van der Waals surface area (Å²) in [6, 6.07) is 13.3. The molecule has 1 aliphatic heterocycles. The van der Waals surface area contributed by atoms with Crippen LogP contribution in [0.4, 0.5) is 5.82 Å². The maximum Gasteiger partial charge on any atom is 0.259 e. The third-order valence-corrected chi connectivity index (χ3v) is 5.69. The number of pyridine rings is 1. The van der Waals surface area contributed by atoms with Crippen LogP contribution in [0.5, 0.6) is 0 Å². The third-order valence-electron chi connectivity index (χ3n) is 5.69. The molecule has 3 aromatic heterocycles. The molecule has 0 saturated carbocycles. The normalized spacial score (nSPS) is 16.1. The van der Waals surface area contributed by atoms with Crippen molar-refractivity contribution in [3.63, 3.8) is 0 Å².